The van der Waals surface area contributed by atoms with Crippen molar-refractivity contribution in [3.05, 3.63) is 59.1 Å². The molecule has 2 rings (SSSR count). The highest BCUT2D eigenvalue weighted by Crippen LogP contribution is 2.15. The first kappa shape index (κ1) is 17.3. The molecule has 0 aliphatic rings. The van der Waals surface area contributed by atoms with Gasteiger partial charge in [-0.05, 0) is 42.0 Å². The zero-order chi connectivity index (χ0) is 16.9. The molecule has 0 aliphatic carbocycles. The zero-order valence-electron chi connectivity index (χ0n) is 12.5. The molecule has 0 aliphatic heterocycles. The molecule has 1 N–H and O–H groups in total. The van der Waals surface area contributed by atoms with Crippen LogP contribution in [0.2, 0.25) is 5.02 Å². The van der Waals surface area contributed by atoms with Crippen LogP contribution in [0.1, 0.15) is 5.56 Å². The van der Waals surface area contributed by atoms with E-state index in [1.54, 1.807) is 25.3 Å². The van der Waals surface area contributed by atoms with Gasteiger partial charge in [-0.1, -0.05) is 23.7 Å². The van der Waals surface area contributed by atoms with Gasteiger partial charge in [0.15, 0.2) is 9.84 Å². The quantitative estimate of drug-likeness (QED) is 0.865. The minimum atomic E-state index is -3.69. The molecule has 2 aromatic rings. The molecule has 0 bridgehead atoms. The van der Waals surface area contributed by atoms with Crippen LogP contribution in [0, 0.1) is 0 Å². The van der Waals surface area contributed by atoms with Gasteiger partial charge in [0, 0.05) is 11.6 Å². The molecular weight excluding hydrogens is 338 g/mol. The Morgan fingerprint density at radius 1 is 1.17 bits per heavy atom. The molecule has 1 amide bonds. The number of benzene rings is 2. The van der Waals surface area contributed by atoms with Gasteiger partial charge in [-0.2, -0.15) is 0 Å². The Balaban J connectivity index is 1.97. The van der Waals surface area contributed by atoms with Crippen LogP contribution in [0.5, 0.6) is 5.75 Å². The van der Waals surface area contributed by atoms with Crippen LogP contribution >= 0.6 is 11.6 Å². The van der Waals surface area contributed by atoms with Gasteiger partial charge in [0.2, 0.25) is 5.91 Å². The summed E-state index contributed by atoms with van der Waals surface area (Å²) in [5, 5.41) is 3.02. The predicted molar refractivity (Wildman–Crippen MR) is 88.3 cm³/mol. The van der Waals surface area contributed by atoms with Gasteiger partial charge >= 0.3 is 0 Å². The molecule has 0 heterocycles. The average molecular weight is 354 g/mol. The Hall–Kier alpha value is -2.05. The summed E-state index contributed by atoms with van der Waals surface area (Å²) in [6.07, 6.45) is 0. The van der Waals surface area contributed by atoms with Gasteiger partial charge in [-0.25, -0.2) is 8.42 Å². The number of rotatable bonds is 6. The number of ether oxygens (including phenoxy) is 1. The summed E-state index contributed by atoms with van der Waals surface area (Å²) in [6.45, 7) is 0.228. The maximum atomic E-state index is 12.1. The Kier molecular flexibility index (Phi) is 5.63. The lowest BCUT2D eigenvalue weighted by molar-refractivity contribution is -0.118. The van der Waals surface area contributed by atoms with Gasteiger partial charge in [-0.3, -0.25) is 4.79 Å². The maximum absolute atomic E-state index is 12.1. The fourth-order valence-corrected chi connectivity index (χ4v) is 3.22. The van der Waals surface area contributed by atoms with E-state index in [9.17, 15) is 13.2 Å². The van der Waals surface area contributed by atoms with E-state index in [1.165, 1.54) is 24.3 Å². The SMILES string of the molecule is COc1cccc(CNC(=O)CS(=O)(=O)c2ccc(Cl)cc2)c1. The monoisotopic (exact) mass is 353 g/mol. The Labute approximate surface area is 140 Å². The van der Waals surface area contributed by atoms with E-state index in [4.69, 9.17) is 16.3 Å². The molecule has 0 spiro atoms. The van der Waals surface area contributed by atoms with Crippen LogP contribution in [-0.2, 0) is 21.2 Å². The normalized spacial score (nSPS) is 11.0. The van der Waals surface area contributed by atoms with Crippen molar-refractivity contribution in [1.29, 1.82) is 0 Å². The molecule has 0 unspecified atom stereocenters. The van der Waals surface area contributed by atoms with E-state index in [0.29, 0.717) is 10.8 Å². The lowest BCUT2D eigenvalue weighted by Crippen LogP contribution is -2.29. The van der Waals surface area contributed by atoms with E-state index in [2.05, 4.69) is 5.32 Å². The molecule has 7 heteroatoms. The van der Waals surface area contributed by atoms with Crippen LogP contribution in [0.25, 0.3) is 0 Å². The average Bonchev–Trinajstić information content (AvgIpc) is 2.53. The Morgan fingerprint density at radius 2 is 1.87 bits per heavy atom. The second-order valence-electron chi connectivity index (χ2n) is 4.84. The Morgan fingerprint density at radius 3 is 2.52 bits per heavy atom. The van der Waals surface area contributed by atoms with Gasteiger partial charge in [0.25, 0.3) is 0 Å². The number of nitrogens with one attached hydrogen (secondary N) is 1. The number of carbonyl (C=O) groups is 1. The number of amides is 1. The first-order chi connectivity index (χ1) is 10.9. The summed E-state index contributed by atoms with van der Waals surface area (Å²) in [5.74, 6) is -0.508. The van der Waals surface area contributed by atoms with Crippen LogP contribution in [0.3, 0.4) is 0 Å². The second kappa shape index (κ2) is 7.48. The topological polar surface area (TPSA) is 72.5 Å². The number of hydrogen-bond acceptors (Lipinski definition) is 4. The van der Waals surface area contributed by atoms with Crippen molar-refractivity contribution >= 4 is 27.3 Å². The minimum absolute atomic E-state index is 0.0680. The highest BCUT2D eigenvalue weighted by Gasteiger charge is 2.19. The largest absolute Gasteiger partial charge is 0.497 e. The molecule has 0 aromatic heterocycles. The summed E-state index contributed by atoms with van der Waals surface area (Å²) in [6, 6.07) is 12.9. The lowest BCUT2D eigenvalue weighted by atomic mass is 10.2. The third-order valence-corrected chi connectivity index (χ3v) is 5.00. The van der Waals surface area contributed by atoms with Crippen LogP contribution in [0.4, 0.5) is 0 Å². The predicted octanol–water partition coefficient (Wildman–Crippen LogP) is 2.44. The first-order valence-electron chi connectivity index (χ1n) is 6.79. The van der Waals surface area contributed by atoms with Gasteiger partial charge in [0.1, 0.15) is 11.5 Å². The van der Waals surface area contributed by atoms with E-state index < -0.39 is 21.5 Å². The summed E-state index contributed by atoms with van der Waals surface area (Å²) in [4.78, 5) is 11.9. The smallest absolute Gasteiger partial charge is 0.235 e. The molecule has 0 atom stereocenters. The van der Waals surface area contributed by atoms with E-state index in [-0.39, 0.29) is 11.4 Å². The van der Waals surface area contributed by atoms with E-state index in [0.717, 1.165) is 5.56 Å². The summed E-state index contributed by atoms with van der Waals surface area (Å²) < 4.78 is 29.4. The van der Waals surface area contributed by atoms with Crippen molar-refractivity contribution < 1.29 is 17.9 Å². The second-order valence-corrected chi connectivity index (χ2v) is 7.27. The number of halogens is 1. The number of carbonyl (C=O) groups excluding carboxylic acids is 1. The van der Waals surface area contributed by atoms with Gasteiger partial charge < -0.3 is 10.1 Å². The molecule has 0 saturated heterocycles. The van der Waals surface area contributed by atoms with E-state index in [1.807, 2.05) is 6.07 Å². The van der Waals surface area contributed by atoms with Crippen LogP contribution < -0.4 is 10.1 Å². The maximum Gasteiger partial charge on any atom is 0.235 e. The van der Waals surface area contributed by atoms with Crippen molar-refractivity contribution in [2.24, 2.45) is 0 Å². The molecule has 23 heavy (non-hydrogen) atoms. The molecule has 0 saturated carbocycles. The summed E-state index contributed by atoms with van der Waals surface area (Å²) in [7, 11) is -2.14. The van der Waals surface area contributed by atoms with Gasteiger partial charge in [-0.15, -0.1) is 0 Å². The summed E-state index contributed by atoms with van der Waals surface area (Å²) in [5.41, 5.74) is 0.821. The van der Waals surface area contributed by atoms with Crippen molar-refractivity contribution in [2.45, 2.75) is 11.4 Å². The lowest BCUT2D eigenvalue weighted by Gasteiger charge is -2.08. The molecule has 122 valence electrons. The number of hydrogen-bond donors (Lipinski definition) is 1. The fraction of sp³-hybridized carbons (Fsp3) is 0.188. The third kappa shape index (κ3) is 4.97. The molecule has 0 fully saturated rings. The highest BCUT2D eigenvalue weighted by atomic mass is 35.5. The van der Waals surface area contributed by atoms with Crippen LogP contribution in [-0.4, -0.2) is 27.2 Å². The van der Waals surface area contributed by atoms with Crippen molar-refractivity contribution in [3.8, 4) is 5.75 Å². The first-order valence-corrected chi connectivity index (χ1v) is 8.82. The Bertz CT molecular complexity index is 788. The molecule has 0 radical (unpaired) electrons. The number of methoxy groups -OCH3 is 1. The van der Waals surface area contributed by atoms with Crippen LogP contribution in [0.15, 0.2) is 53.4 Å². The number of sulfone groups is 1. The third-order valence-electron chi connectivity index (χ3n) is 3.12. The summed E-state index contributed by atoms with van der Waals surface area (Å²) >= 11 is 5.73. The van der Waals surface area contributed by atoms with Crippen molar-refractivity contribution in [2.75, 3.05) is 12.9 Å². The van der Waals surface area contributed by atoms with Crippen molar-refractivity contribution in [1.82, 2.24) is 5.32 Å². The molecule has 5 nitrogen and oxygen atoms in total. The van der Waals surface area contributed by atoms with Crippen molar-refractivity contribution in [3.63, 3.8) is 0 Å². The van der Waals surface area contributed by atoms with Gasteiger partial charge in [0.05, 0.1) is 12.0 Å². The zero-order valence-corrected chi connectivity index (χ0v) is 14.0. The molecule has 2 aromatic carbocycles. The fourth-order valence-electron chi connectivity index (χ4n) is 1.93. The minimum Gasteiger partial charge on any atom is -0.497 e. The highest BCUT2D eigenvalue weighted by molar-refractivity contribution is 7.92. The van der Waals surface area contributed by atoms with E-state index >= 15 is 0 Å². The standard InChI is InChI=1S/C16H16ClNO4S/c1-22-14-4-2-3-12(9-14)10-18-16(19)11-23(20,21)15-7-5-13(17)6-8-15/h2-9H,10-11H2,1H3,(H,18,19). The molecular formula is C16H16ClNO4S.